The Morgan fingerprint density at radius 1 is 1.00 bits per heavy atom. The molecule has 1 N–H and O–H groups in total. The van der Waals surface area contributed by atoms with E-state index in [-0.39, 0.29) is 36.8 Å². The van der Waals surface area contributed by atoms with Crippen LogP contribution in [0.15, 0.2) is 48.5 Å². The number of benzene rings is 2. The topological polar surface area (TPSA) is 75.7 Å². The Morgan fingerprint density at radius 3 is 2.12 bits per heavy atom. The highest BCUT2D eigenvalue weighted by atomic mass is 16.5. The lowest BCUT2D eigenvalue weighted by Crippen LogP contribution is -2.32. The summed E-state index contributed by atoms with van der Waals surface area (Å²) in [5.41, 5.74) is 1.41. The molecule has 0 radical (unpaired) electrons. The minimum Gasteiger partial charge on any atom is -0.491 e. The molecule has 0 spiro atoms. The molecule has 0 aliphatic carbocycles. The lowest BCUT2D eigenvalue weighted by Gasteiger charge is -2.14. The number of ether oxygens (including phenoxy) is 1. The third kappa shape index (κ3) is 3.74. The SMILES string of the molecule is CC(C)Oc1ccc(NC(=O)CCN2C(=O)c3ccccc3C2=O)cc1. The van der Waals surface area contributed by atoms with Crippen molar-refractivity contribution in [3.05, 3.63) is 59.7 Å². The summed E-state index contributed by atoms with van der Waals surface area (Å²) in [6.07, 6.45) is 0.116. The smallest absolute Gasteiger partial charge is 0.261 e. The van der Waals surface area contributed by atoms with Crippen molar-refractivity contribution < 1.29 is 19.1 Å². The van der Waals surface area contributed by atoms with E-state index in [0.29, 0.717) is 16.8 Å². The van der Waals surface area contributed by atoms with Gasteiger partial charge in [-0.05, 0) is 50.2 Å². The highest BCUT2D eigenvalue weighted by Crippen LogP contribution is 2.22. The van der Waals surface area contributed by atoms with Gasteiger partial charge in [-0.15, -0.1) is 0 Å². The fourth-order valence-corrected chi connectivity index (χ4v) is 2.77. The monoisotopic (exact) mass is 352 g/mol. The molecule has 0 atom stereocenters. The summed E-state index contributed by atoms with van der Waals surface area (Å²) in [6.45, 7) is 3.93. The van der Waals surface area contributed by atoms with Gasteiger partial charge in [-0.2, -0.15) is 0 Å². The Hall–Kier alpha value is -3.15. The number of nitrogens with one attached hydrogen (secondary N) is 1. The summed E-state index contributed by atoms with van der Waals surface area (Å²) >= 11 is 0. The maximum atomic E-state index is 12.3. The number of carbonyl (C=O) groups is 3. The molecule has 2 aromatic carbocycles. The Labute approximate surface area is 151 Å². The molecular weight excluding hydrogens is 332 g/mol. The zero-order chi connectivity index (χ0) is 18.7. The Kier molecular flexibility index (Phi) is 5.02. The van der Waals surface area contributed by atoms with Crippen molar-refractivity contribution >= 4 is 23.4 Å². The van der Waals surface area contributed by atoms with Crippen molar-refractivity contribution in [2.24, 2.45) is 0 Å². The van der Waals surface area contributed by atoms with E-state index in [9.17, 15) is 14.4 Å². The van der Waals surface area contributed by atoms with E-state index in [1.54, 1.807) is 48.5 Å². The summed E-state index contributed by atoms with van der Waals surface area (Å²) < 4.78 is 5.55. The molecule has 0 unspecified atom stereocenters. The van der Waals surface area contributed by atoms with Crippen LogP contribution in [0.2, 0.25) is 0 Å². The highest BCUT2D eigenvalue weighted by molar-refractivity contribution is 6.21. The standard InChI is InChI=1S/C20H20N2O4/c1-13(2)26-15-9-7-14(8-10-15)21-18(23)11-12-22-19(24)16-5-3-4-6-17(16)20(22)25/h3-10,13H,11-12H2,1-2H3,(H,21,23). The first-order valence-electron chi connectivity index (χ1n) is 8.47. The Balaban J connectivity index is 1.55. The summed E-state index contributed by atoms with van der Waals surface area (Å²) in [5.74, 6) is -0.245. The molecule has 6 heteroatoms. The molecule has 26 heavy (non-hydrogen) atoms. The second-order valence-electron chi connectivity index (χ2n) is 6.30. The van der Waals surface area contributed by atoms with E-state index in [4.69, 9.17) is 4.74 Å². The van der Waals surface area contributed by atoms with Crippen molar-refractivity contribution in [3.63, 3.8) is 0 Å². The molecule has 134 valence electrons. The van der Waals surface area contributed by atoms with Crippen LogP contribution in [0.1, 0.15) is 41.0 Å². The van der Waals surface area contributed by atoms with Crippen molar-refractivity contribution in [1.82, 2.24) is 4.90 Å². The summed E-state index contributed by atoms with van der Waals surface area (Å²) in [7, 11) is 0. The van der Waals surface area contributed by atoms with Crippen molar-refractivity contribution in [3.8, 4) is 5.75 Å². The maximum Gasteiger partial charge on any atom is 0.261 e. The predicted molar refractivity (Wildman–Crippen MR) is 97.3 cm³/mol. The van der Waals surface area contributed by atoms with E-state index in [0.717, 1.165) is 10.6 Å². The molecule has 1 heterocycles. The molecule has 0 saturated heterocycles. The van der Waals surface area contributed by atoms with Crippen LogP contribution in [0.5, 0.6) is 5.75 Å². The fraction of sp³-hybridized carbons (Fsp3) is 0.250. The van der Waals surface area contributed by atoms with Gasteiger partial charge in [0.2, 0.25) is 5.91 Å². The van der Waals surface area contributed by atoms with E-state index in [1.807, 2.05) is 13.8 Å². The average molecular weight is 352 g/mol. The first-order valence-corrected chi connectivity index (χ1v) is 8.47. The maximum absolute atomic E-state index is 12.3. The molecule has 1 aliphatic heterocycles. The van der Waals surface area contributed by atoms with Gasteiger partial charge in [0.15, 0.2) is 0 Å². The minimum atomic E-state index is -0.353. The van der Waals surface area contributed by atoms with Crippen molar-refractivity contribution in [1.29, 1.82) is 0 Å². The number of anilines is 1. The molecule has 2 aromatic rings. The molecule has 6 nitrogen and oxygen atoms in total. The van der Waals surface area contributed by atoms with E-state index < -0.39 is 0 Å². The first-order chi connectivity index (χ1) is 12.5. The molecule has 0 saturated carbocycles. The highest BCUT2D eigenvalue weighted by Gasteiger charge is 2.34. The fourth-order valence-electron chi connectivity index (χ4n) is 2.77. The molecule has 3 rings (SSSR count). The summed E-state index contributed by atoms with van der Waals surface area (Å²) in [5, 5.41) is 2.75. The van der Waals surface area contributed by atoms with Crippen LogP contribution < -0.4 is 10.1 Å². The van der Waals surface area contributed by atoms with Crippen LogP contribution in [-0.4, -0.2) is 35.3 Å². The predicted octanol–water partition coefficient (Wildman–Crippen LogP) is 3.10. The minimum absolute atomic E-state index is 0.0374. The van der Waals surface area contributed by atoms with Crippen LogP contribution in [-0.2, 0) is 4.79 Å². The van der Waals surface area contributed by atoms with Gasteiger partial charge < -0.3 is 10.1 Å². The average Bonchev–Trinajstić information content (AvgIpc) is 2.86. The number of nitrogens with zero attached hydrogens (tertiary/aromatic N) is 1. The van der Waals surface area contributed by atoms with Crippen LogP contribution in [0, 0.1) is 0 Å². The second-order valence-corrected chi connectivity index (χ2v) is 6.30. The molecular formula is C20H20N2O4. The molecule has 3 amide bonds. The molecule has 1 aliphatic rings. The second kappa shape index (κ2) is 7.39. The largest absolute Gasteiger partial charge is 0.491 e. The number of hydrogen-bond donors (Lipinski definition) is 1. The van der Waals surface area contributed by atoms with Crippen LogP contribution in [0.3, 0.4) is 0 Å². The molecule has 0 bridgehead atoms. The van der Waals surface area contributed by atoms with Gasteiger partial charge in [0.25, 0.3) is 11.8 Å². The molecule has 0 aromatic heterocycles. The normalized spacial score (nSPS) is 13.1. The third-order valence-electron chi connectivity index (χ3n) is 3.95. The van der Waals surface area contributed by atoms with Gasteiger partial charge >= 0.3 is 0 Å². The van der Waals surface area contributed by atoms with Gasteiger partial charge in [-0.3, -0.25) is 19.3 Å². The molecule has 0 fully saturated rings. The van der Waals surface area contributed by atoms with Gasteiger partial charge in [-0.1, -0.05) is 12.1 Å². The quantitative estimate of drug-likeness (QED) is 0.811. The summed E-state index contributed by atoms with van der Waals surface area (Å²) in [4.78, 5) is 37.8. The Bertz CT molecular complexity index is 808. The number of rotatable bonds is 6. The number of amides is 3. The number of carbonyl (C=O) groups excluding carboxylic acids is 3. The van der Waals surface area contributed by atoms with E-state index >= 15 is 0 Å². The van der Waals surface area contributed by atoms with E-state index in [2.05, 4.69) is 5.32 Å². The number of hydrogen-bond acceptors (Lipinski definition) is 4. The zero-order valence-corrected chi connectivity index (χ0v) is 14.7. The summed E-state index contributed by atoms with van der Waals surface area (Å²) in [6, 6.07) is 13.7. The van der Waals surface area contributed by atoms with Crippen LogP contribution >= 0.6 is 0 Å². The third-order valence-corrected chi connectivity index (χ3v) is 3.95. The Morgan fingerprint density at radius 2 is 1.58 bits per heavy atom. The zero-order valence-electron chi connectivity index (χ0n) is 14.7. The van der Waals surface area contributed by atoms with Gasteiger partial charge in [-0.25, -0.2) is 0 Å². The number of imide groups is 1. The van der Waals surface area contributed by atoms with Crippen LogP contribution in [0.25, 0.3) is 0 Å². The van der Waals surface area contributed by atoms with Crippen molar-refractivity contribution in [2.45, 2.75) is 26.4 Å². The van der Waals surface area contributed by atoms with Crippen molar-refractivity contribution in [2.75, 3.05) is 11.9 Å². The lowest BCUT2D eigenvalue weighted by atomic mass is 10.1. The van der Waals surface area contributed by atoms with Gasteiger partial charge in [0.1, 0.15) is 5.75 Å². The van der Waals surface area contributed by atoms with Gasteiger partial charge in [0, 0.05) is 18.7 Å². The first kappa shape index (κ1) is 17.7. The lowest BCUT2D eigenvalue weighted by molar-refractivity contribution is -0.116. The van der Waals surface area contributed by atoms with E-state index in [1.165, 1.54) is 0 Å². The van der Waals surface area contributed by atoms with Crippen LogP contribution in [0.4, 0.5) is 5.69 Å². The van der Waals surface area contributed by atoms with Gasteiger partial charge in [0.05, 0.1) is 17.2 Å². The number of fused-ring (bicyclic) bond motifs is 1.